The predicted molar refractivity (Wildman–Crippen MR) is 111 cm³/mol. The first-order valence-electron chi connectivity index (χ1n) is 9.95. The van der Waals surface area contributed by atoms with Crippen molar-refractivity contribution in [3.8, 4) is 11.8 Å². The number of pyridine rings is 1. The van der Waals surface area contributed by atoms with Gasteiger partial charge in [-0.25, -0.2) is 9.97 Å². The zero-order valence-electron chi connectivity index (χ0n) is 17.2. The minimum Gasteiger partial charge on any atom is -0.369 e. The van der Waals surface area contributed by atoms with E-state index in [1.807, 2.05) is 19.1 Å². The van der Waals surface area contributed by atoms with Crippen LogP contribution >= 0.6 is 0 Å². The van der Waals surface area contributed by atoms with Gasteiger partial charge in [0.25, 0.3) is 0 Å². The Kier molecular flexibility index (Phi) is 5.43. The predicted octanol–water partition coefficient (Wildman–Crippen LogP) is 3.71. The first kappa shape index (κ1) is 21.5. The molecule has 0 radical (unpaired) electrons. The number of hydrogen-bond acceptors (Lipinski definition) is 4. The third-order valence-corrected chi connectivity index (χ3v) is 5.46. The quantitative estimate of drug-likeness (QED) is 0.633. The van der Waals surface area contributed by atoms with Crippen molar-refractivity contribution >= 4 is 5.91 Å². The van der Waals surface area contributed by atoms with E-state index in [1.54, 1.807) is 30.5 Å². The van der Waals surface area contributed by atoms with Gasteiger partial charge in [0.15, 0.2) is 0 Å². The molecule has 0 aliphatic heterocycles. The Hall–Kier alpha value is -3.73. The van der Waals surface area contributed by atoms with Gasteiger partial charge in [-0.15, -0.1) is 0 Å². The molecule has 2 aromatic heterocycles. The van der Waals surface area contributed by atoms with Gasteiger partial charge < -0.3 is 5.73 Å². The van der Waals surface area contributed by atoms with Crippen LogP contribution in [-0.2, 0) is 22.8 Å². The van der Waals surface area contributed by atoms with E-state index in [-0.39, 0.29) is 12.2 Å². The van der Waals surface area contributed by atoms with Crippen LogP contribution in [0.4, 0.5) is 13.2 Å². The summed E-state index contributed by atoms with van der Waals surface area (Å²) in [6, 6.07) is 10.5. The molecule has 1 aliphatic rings. The van der Waals surface area contributed by atoms with Crippen LogP contribution in [0.1, 0.15) is 52.3 Å². The lowest BCUT2D eigenvalue weighted by Crippen LogP contribution is -2.29. The molecule has 2 N–H and O–H groups in total. The summed E-state index contributed by atoms with van der Waals surface area (Å²) in [5.74, 6) is 5.09. The lowest BCUT2D eigenvalue weighted by molar-refractivity contribution is -0.138. The van der Waals surface area contributed by atoms with Crippen LogP contribution < -0.4 is 5.73 Å². The fraction of sp³-hybridized carbons (Fsp3) is 0.250. The molecule has 8 heteroatoms. The topological polar surface area (TPSA) is 81.8 Å². The van der Waals surface area contributed by atoms with Crippen molar-refractivity contribution in [1.29, 1.82) is 0 Å². The fourth-order valence-corrected chi connectivity index (χ4v) is 3.50. The highest BCUT2D eigenvalue weighted by molar-refractivity contribution is 5.90. The monoisotopic (exact) mass is 436 g/mol. The molecule has 2 heterocycles. The van der Waals surface area contributed by atoms with E-state index < -0.39 is 28.8 Å². The SMILES string of the molecule is Cc1ccc(Cc2ncc(C(F)(F)F)c(C#Cc3ccccc3C3(C(N)=O)CC3)n2)cn1. The van der Waals surface area contributed by atoms with Crippen LogP contribution in [0.5, 0.6) is 0 Å². The maximum absolute atomic E-state index is 13.5. The number of halogens is 3. The second kappa shape index (κ2) is 8.08. The van der Waals surface area contributed by atoms with Gasteiger partial charge in [0.2, 0.25) is 5.91 Å². The number of aromatic nitrogens is 3. The van der Waals surface area contributed by atoms with Crippen LogP contribution in [0.2, 0.25) is 0 Å². The number of benzene rings is 1. The van der Waals surface area contributed by atoms with Crippen molar-refractivity contribution < 1.29 is 18.0 Å². The van der Waals surface area contributed by atoms with E-state index in [0.29, 0.717) is 24.0 Å². The first-order chi connectivity index (χ1) is 15.2. The molecular formula is C24H19F3N4O. The van der Waals surface area contributed by atoms with Gasteiger partial charge in [-0.3, -0.25) is 9.78 Å². The van der Waals surface area contributed by atoms with Gasteiger partial charge in [-0.1, -0.05) is 30.2 Å². The lowest BCUT2D eigenvalue weighted by Gasteiger charge is -2.13. The molecule has 0 atom stereocenters. The molecule has 0 saturated heterocycles. The Balaban J connectivity index is 1.73. The number of alkyl halides is 3. The van der Waals surface area contributed by atoms with E-state index in [9.17, 15) is 18.0 Å². The summed E-state index contributed by atoms with van der Waals surface area (Å²) in [6.45, 7) is 1.84. The van der Waals surface area contributed by atoms with Crippen molar-refractivity contribution in [2.75, 3.05) is 0 Å². The molecular weight excluding hydrogens is 417 g/mol. The zero-order valence-corrected chi connectivity index (χ0v) is 17.2. The molecule has 0 unspecified atom stereocenters. The van der Waals surface area contributed by atoms with Gasteiger partial charge in [0.05, 0.1) is 5.41 Å². The normalized spacial score (nSPS) is 14.4. The van der Waals surface area contributed by atoms with Gasteiger partial charge in [0, 0.05) is 30.1 Å². The number of nitrogens with two attached hydrogens (primary N) is 1. The van der Waals surface area contributed by atoms with Crippen LogP contribution in [0.25, 0.3) is 0 Å². The van der Waals surface area contributed by atoms with Crippen molar-refractivity contribution in [3.05, 3.63) is 88.3 Å². The third kappa shape index (κ3) is 4.33. The standard InChI is InChI=1S/C24H19F3N4O/c1-15-6-7-16(13-29-15)12-21-30-14-19(24(25,26)27)20(31-21)9-8-17-4-2-3-5-18(17)23(10-11-23)22(28)32/h2-7,13-14H,10-12H2,1H3,(H2,28,32). The second-order valence-electron chi connectivity index (χ2n) is 7.77. The van der Waals surface area contributed by atoms with Crippen molar-refractivity contribution in [1.82, 2.24) is 15.0 Å². The average Bonchev–Trinajstić information content (AvgIpc) is 3.56. The molecule has 4 rings (SSSR count). The van der Waals surface area contributed by atoms with E-state index in [4.69, 9.17) is 5.73 Å². The summed E-state index contributed by atoms with van der Waals surface area (Å²) < 4.78 is 40.6. The molecule has 5 nitrogen and oxygen atoms in total. The Bertz CT molecular complexity index is 1240. The minimum atomic E-state index is -4.65. The summed E-state index contributed by atoms with van der Waals surface area (Å²) in [6.07, 6.45) is -0.851. The van der Waals surface area contributed by atoms with Gasteiger partial charge in [0.1, 0.15) is 17.1 Å². The van der Waals surface area contributed by atoms with E-state index in [2.05, 4.69) is 26.8 Å². The summed E-state index contributed by atoms with van der Waals surface area (Å²) in [5.41, 5.74) is 6.04. The molecule has 3 aromatic rings. The molecule has 1 fully saturated rings. The maximum Gasteiger partial charge on any atom is 0.420 e. The Morgan fingerprint density at radius 1 is 1.09 bits per heavy atom. The molecule has 162 valence electrons. The van der Waals surface area contributed by atoms with Gasteiger partial charge in [-0.2, -0.15) is 13.2 Å². The highest BCUT2D eigenvalue weighted by Crippen LogP contribution is 2.49. The number of rotatable bonds is 4. The number of primary amides is 1. The lowest BCUT2D eigenvalue weighted by atomic mass is 9.91. The van der Waals surface area contributed by atoms with Crippen LogP contribution in [0.15, 0.2) is 48.8 Å². The van der Waals surface area contributed by atoms with E-state index >= 15 is 0 Å². The number of amides is 1. The highest BCUT2D eigenvalue weighted by Gasteiger charge is 2.51. The third-order valence-electron chi connectivity index (χ3n) is 5.46. The summed E-state index contributed by atoms with van der Waals surface area (Å²) in [4.78, 5) is 24.1. The Morgan fingerprint density at radius 2 is 1.84 bits per heavy atom. The average molecular weight is 436 g/mol. The first-order valence-corrected chi connectivity index (χ1v) is 9.95. The highest BCUT2D eigenvalue weighted by atomic mass is 19.4. The largest absolute Gasteiger partial charge is 0.420 e. The minimum absolute atomic E-state index is 0.206. The second-order valence-corrected chi connectivity index (χ2v) is 7.77. The molecule has 1 aromatic carbocycles. The zero-order chi connectivity index (χ0) is 22.9. The van der Waals surface area contributed by atoms with Crippen molar-refractivity contribution in [3.63, 3.8) is 0 Å². The van der Waals surface area contributed by atoms with Gasteiger partial charge >= 0.3 is 6.18 Å². The van der Waals surface area contributed by atoms with Crippen molar-refractivity contribution in [2.24, 2.45) is 5.73 Å². The number of nitrogens with zero attached hydrogens (tertiary/aromatic N) is 3. The fourth-order valence-electron chi connectivity index (χ4n) is 3.50. The molecule has 32 heavy (non-hydrogen) atoms. The maximum atomic E-state index is 13.5. The number of carbonyl (C=O) groups is 1. The van der Waals surface area contributed by atoms with Gasteiger partial charge in [-0.05, 0) is 48.9 Å². The number of hydrogen-bond donors (Lipinski definition) is 1. The Morgan fingerprint density at radius 3 is 2.47 bits per heavy atom. The van der Waals surface area contributed by atoms with E-state index in [0.717, 1.165) is 17.5 Å². The van der Waals surface area contributed by atoms with Crippen LogP contribution in [-0.4, -0.2) is 20.9 Å². The summed E-state index contributed by atoms with van der Waals surface area (Å²) in [5, 5.41) is 0. The number of aryl methyl sites for hydroxylation is 1. The molecule has 1 amide bonds. The Labute approximate surface area is 182 Å². The number of carbonyl (C=O) groups excluding carboxylic acids is 1. The smallest absolute Gasteiger partial charge is 0.369 e. The van der Waals surface area contributed by atoms with Crippen LogP contribution in [0.3, 0.4) is 0 Å². The molecule has 1 saturated carbocycles. The van der Waals surface area contributed by atoms with Crippen LogP contribution in [0, 0.1) is 18.8 Å². The molecule has 1 aliphatic carbocycles. The molecule has 0 bridgehead atoms. The summed E-state index contributed by atoms with van der Waals surface area (Å²) >= 11 is 0. The summed E-state index contributed by atoms with van der Waals surface area (Å²) in [7, 11) is 0. The van der Waals surface area contributed by atoms with E-state index in [1.165, 1.54) is 0 Å². The van der Waals surface area contributed by atoms with Crippen molar-refractivity contribution in [2.45, 2.75) is 37.8 Å². The molecule has 0 spiro atoms.